The van der Waals surface area contributed by atoms with Crippen LogP contribution >= 0.6 is 22.6 Å². The second-order valence-electron chi connectivity index (χ2n) is 7.46. The van der Waals surface area contributed by atoms with Crippen LogP contribution in [-0.2, 0) is 19.8 Å². The van der Waals surface area contributed by atoms with Crippen LogP contribution in [0.15, 0.2) is 97.1 Å². The molecule has 0 radical (unpaired) electrons. The third kappa shape index (κ3) is 5.82. The van der Waals surface area contributed by atoms with Gasteiger partial charge in [-0.05, 0) is 46.2 Å². The maximum Gasteiger partial charge on any atom is 0.168 e. The van der Waals surface area contributed by atoms with Crippen molar-refractivity contribution in [2.75, 3.05) is 0 Å². The minimum absolute atomic E-state index is 0.460. The third-order valence-corrected chi connectivity index (χ3v) is 5.87. The Labute approximate surface area is 203 Å². The number of hydrogen-bond donors (Lipinski definition) is 0. The molecule has 4 aromatic rings. The van der Waals surface area contributed by atoms with E-state index in [0.717, 1.165) is 37.3 Å². The summed E-state index contributed by atoms with van der Waals surface area (Å²) in [5, 5.41) is 0. The fourth-order valence-corrected chi connectivity index (χ4v) is 4.21. The van der Waals surface area contributed by atoms with Crippen LogP contribution in [0.25, 0.3) is 0 Å². The first-order chi connectivity index (χ1) is 15.7. The van der Waals surface area contributed by atoms with E-state index in [4.69, 9.17) is 14.2 Å². The Bertz CT molecular complexity index is 1130. The zero-order valence-corrected chi connectivity index (χ0v) is 20.1. The summed E-state index contributed by atoms with van der Waals surface area (Å²) >= 11 is 2.30. The molecule has 0 heterocycles. The highest BCUT2D eigenvalue weighted by molar-refractivity contribution is 14.1. The molecule has 4 rings (SSSR count). The predicted octanol–water partition coefficient (Wildman–Crippen LogP) is 7.34. The highest BCUT2D eigenvalue weighted by Gasteiger charge is 2.18. The van der Waals surface area contributed by atoms with Crippen LogP contribution in [0.2, 0.25) is 0 Å². The minimum Gasteiger partial charge on any atom is -0.487 e. The monoisotopic (exact) mass is 536 g/mol. The first-order valence-electron chi connectivity index (χ1n) is 10.5. The van der Waals surface area contributed by atoms with E-state index >= 15 is 0 Å². The van der Waals surface area contributed by atoms with Gasteiger partial charge in [-0.15, -0.1) is 0 Å². The Morgan fingerprint density at radius 1 is 0.562 bits per heavy atom. The van der Waals surface area contributed by atoms with E-state index in [-0.39, 0.29) is 0 Å². The zero-order valence-electron chi connectivity index (χ0n) is 18.0. The lowest BCUT2D eigenvalue weighted by molar-refractivity contribution is 0.248. The number of hydrogen-bond acceptors (Lipinski definition) is 3. The van der Waals surface area contributed by atoms with Crippen LogP contribution in [0.3, 0.4) is 0 Å². The van der Waals surface area contributed by atoms with Crippen molar-refractivity contribution in [3.8, 4) is 17.2 Å². The smallest absolute Gasteiger partial charge is 0.168 e. The van der Waals surface area contributed by atoms with Gasteiger partial charge in [0.1, 0.15) is 25.6 Å². The van der Waals surface area contributed by atoms with Crippen molar-refractivity contribution in [1.82, 2.24) is 0 Å². The predicted molar refractivity (Wildman–Crippen MR) is 136 cm³/mol. The summed E-state index contributed by atoms with van der Waals surface area (Å²) in [5.74, 6) is 2.26. The van der Waals surface area contributed by atoms with Crippen LogP contribution in [0.4, 0.5) is 0 Å². The van der Waals surface area contributed by atoms with E-state index in [2.05, 4.69) is 59.0 Å². The van der Waals surface area contributed by atoms with Crippen LogP contribution < -0.4 is 14.2 Å². The number of benzene rings is 4. The number of halogens is 1. The van der Waals surface area contributed by atoms with Gasteiger partial charge in [0.2, 0.25) is 0 Å². The summed E-state index contributed by atoms with van der Waals surface area (Å²) in [4.78, 5) is 0. The van der Waals surface area contributed by atoms with Crippen molar-refractivity contribution in [2.24, 2.45) is 0 Å². The van der Waals surface area contributed by atoms with E-state index < -0.39 is 0 Å². The largest absolute Gasteiger partial charge is 0.487 e. The Morgan fingerprint density at radius 2 is 0.969 bits per heavy atom. The highest BCUT2D eigenvalue weighted by atomic mass is 127. The first kappa shape index (κ1) is 22.2. The average molecular weight is 536 g/mol. The molecule has 0 N–H and O–H groups in total. The van der Waals surface area contributed by atoms with Gasteiger partial charge < -0.3 is 14.2 Å². The summed E-state index contributed by atoms with van der Waals surface area (Å²) in [6.07, 6.45) is 0. The van der Waals surface area contributed by atoms with Crippen LogP contribution in [0, 0.1) is 10.5 Å². The Hall–Kier alpha value is -2.99. The molecular formula is C28H25IO3. The van der Waals surface area contributed by atoms with Gasteiger partial charge in [0, 0.05) is 11.6 Å². The van der Waals surface area contributed by atoms with E-state index in [9.17, 15) is 0 Å². The highest BCUT2D eigenvalue weighted by Crippen LogP contribution is 2.41. The van der Waals surface area contributed by atoms with Crippen molar-refractivity contribution >= 4 is 22.6 Å². The third-order valence-electron chi connectivity index (χ3n) is 5.07. The summed E-state index contributed by atoms with van der Waals surface area (Å²) in [5.41, 5.74) is 4.27. The Kier molecular flexibility index (Phi) is 7.67. The molecule has 4 aromatic carbocycles. The molecule has 0 amide bonds. The van der Waals surface area contributed by atoms with Gasteiger partial charge in [0.25, 0.3) is 0 Å². The van der Waals surface area contributed by atoms with Crippen molar-refractivity contribution < 1.29 is 14.2 Å². The molecule has 3 nitrogen and oxygen atoms in total. The zero-order chi connectivity index (χ0) is 22.2. The minimum atomic E-state index is 0.460. The molecule has 0 bridgehead atoms. The second kappa shape index (κ2) is 11.0. The van der Waals surface area contributed by atoms with E-state index in [1.807, 2.05) is 67.6 Å². The van der Waals surface area contributed by atoms with Gasteiger partial charge in [0.05, 0.1) is 3.57 Å². The molecule has 0 saturated heterocycles. The van der Waals surface area contributed by atoms with E-state index in [1.165, 1.54) is 0 Å². The SMILES string of the molecule is Cc1c(OCc2ccccc2)c(I)cc(OCc2ccccc2)c1OCc1ccccc1. The van der Waals surface area contributed by atoms with Crippen LogP contribution in [0.5, 0.6) is 17.2 Å². The molecule has 0 aliphatic carbocycles. The lowest BCUT2D eigenvalue weighted by atomic mass is 10.1. The summed E-state index contributed by atoms with van der Waals surface area (Å²) in [6, 6.07) is 32.5. The quantitative estimate of drug-likeness (QED) is 0.210. The van der Waals surface area contributed by atoms with Crippen molar-refractivity contribution in [2.45, 2.75) is 26.7 Å². The normalized spacial score (nSPS) is 10.6. The molecule has 0 fully saturated rings. The van der Waals surface area contributed by atoms with Gasteiger partial charge >= 0.3 is 0 Å². The average Bonchev–Trinajstić information content (AvgIpc) is 2.84. The van der Waals surface area contributed by atoms with Crippen molar-refractivity contribution in [3.05, 3.63) is 123 Å². The van der Waals surface area contributed by atoms with Crippen LogP contribution in [0.1, 0.15) is 22.3 Å². The lowest BCUT2D eigenvalue weighted by Crippen LogP contribution is -2.05. The summed E-state index contributed by atoms with van der Waals surface area (Å²) in [7, 11) is 0. The summed E-state index contributed by atoms with van der Waals surface area (Å²) < 4.78 is 19.7. The van der Waals surface area contributed by atoms with Gasteiger partial charge in [-0.2, -0.15) is 0 Å². The molecule has 0 unspecified atom stereocenters. The van der Waals surface area contributed by atoms with E-state index in [0.29, 0.717) is 25.6 Å². The molecule has 0 saturated carbocycles. The van der Waals surface area contributed by atoms with Crippen molar-refractivity contribution in [3.63, 3.8) is 0 Å². The molecule has 0 aliphatic heterocycles. The molecule has 162 valence electrons. The fourth-order valence-electron chi connectivity index (χ4n) is 3.37. The van der Waals surface area contributed by atoms with Crippen molar-refractivity contribution in [1.29, 1.82) is 0 Å². The standard InChI is InChI=1S/C28H25IO3/c1-21-27(31-19-23-13-7-3-8-14-23)25(29)17-26(30-18-22-11-5-2-6-12-22)28(21)32-20-24-15-9-4-10-16-24/h2-17H,18-20H2,1H3. The Balaban J connectivity index is 1.59. The molecule has 0 aliphatic rings. The lowest BCUT2D eigenvalue weighted by Gasteiger charge is -2.20. The Morgan fingerprint density at radius 3 is 1.44 bits per heavy atom. The first-order valence-corrected chi connectivity index (χ1v) is 11.6. The van der Waals surface area contributed by atoms with E-state index in [1.54, 1.807) is 0 Å². The number of ether oxygens (including phenoxy) is 3. The van der Waals surface area contributed by atoms with Gasteiger partial charge in [-0.25, -0.2) is 0 Å². The molecule has 0 atom stereocenters. The molecule has 0 spiro atoms. The van der Waals surface area contributed by atoms with Gasteiger partial charge in [-0.3, -0.25) is 0 Å². The molecule has 32 heavy (non-hydrogen) atoms. The maximum absolute atomic E-state index is 6.28. The number of rotatable bonds is 9. The topological polar surface area (TPSA) is 27.7 Å². The maximum atomic E-state index is 6.28. The van der Waals surface area contributed by atoms with Gasteiger partial charge in [0.15, 0.2) is 11.5 Å². The second-order valence-corrected chi connectivity index (χ2v) is 8.62. The summed E-state index contributed by atoms with van der Waals surface area (Å²) in [6.45, 7) is 3.46. The molecule has 4 heteroatoms. The fraction of sp³-hybridized carbons (Fsp3) is 0.143. The molecular weight excluding hydrogens is 511 g/mol. The molecule has 0 aromatic heterocycles. The van der Waals surface area contributed by atoms with Crippen LogP contribution in [-0.4, -0.2) is 0 Å². The van der Waals surface area contributed by atoms with Gasteiger partial charge in [-0.1, -0.05) is 91.0 Å².